The summed E-state index contributed by atoms with van der Waals surface area (Å²) in [5.74, 6) is 0. The van der Waals surface area contributed by atoms with Gasteiger partial charge in [-0.2, -0.15) is 10.2 Å². The monoisotopic (exact) mass is 342 g/mol. The number of hydrogen-bond acceptors (Lipinski definition) is 3. The van der Waals surface area contributed by atoms with E-state index in [1.54, 1.807) is 21.6 Å². The molecule has 0 aliphatic carbocycles. The van der Waals surface area contributed by atoms with Crippen LogP contribution in [-0.2, 0) is 13.5 Å². The van der Waals surface area contributed by atoms with Gasteiger partial charge in [-0.15, -0.1) is 0 Å². The Labute approximate surface area is 151 Å². The molecule has 0 N–H and O–H groups in total. The van der Waals surface area contributed by atoms with E-state index < -0.39 is 0 Å². The first-order valence-corrected chi connectivity index (χ1v) is 8.41. The van der Waals surface area contributed by atoms with Crippen LogP contribution in [0.1, 0.15) is 11.3 Å². The van der Waals surface area contributed by atoms with Crippen molar-refractivity contribution in [2.75, 3.05) is 0 Å². The quantitative estimate of drug-likeness (QED) is 0.572. The van der Waals surface area contributed by atoms with E-state index in [1.807, 2.05) is 74.0 Å². The molecule has 0 fully saturated rings. The SMILES string of the molecule is Cn1cc(-c2cccc(-n3ccc(=O)c(Cc4ccccc4)n3)c2)cn1. The van der Waals surface area contributed by atoms with Crippen molar-refractivity contribution in [3.63, 3.8) is 0 Å². The lowest BCUT2D eigenvalue weighted by Gasteiger charge is -2.09. The van der Waals surface area contributed by atoms with Crippen molar-refractivity contribution < 1.29 is 0 Å². The van der Waals surface area contributed by atoms with Gasteiger partial charge in [0.05, 0.1) is 11.9 Å². The fourth-order valence-corrected chi connectivity index (χ4v) is 2.90. The maximum Gasteiger partial charge on any atom is 0.203 e. The van der Waals surface area contributed by atoms with Crippen molar-refractivity contribution in [1.29, 1.82) is 0 Å². The summed E-state index contributed by atoms with van der Waals surface area (Å²) in [7, 11) is 1.90. The maximum absolute atomic E-state index is 12.2. The molecule has 0 unspecified atom stereocenters. The molecule has 128 valence electrons. The molecule has 0 saturated heterocycles. The Morgan fingerprint density at radius 3 is 2.58 bits per heavy atom. The van der Waals surface area contributed by atoms with Gasteiger partial charge < -0.3 is 0 Å². The van der Waals surface area contributed by atoms with Gasteiger partial charge in [0.2, 0.25) is 5.43 Å². The average Bonchev–Trinajstić information content (AvgIpc) is 3.11. The van der Waals surface area contributed by atoms with Crippen molar-refractivity contribution in [3.8, 4) is 16.8 Å². The van der Waals surface area contributed by atoms with E-state index in [-0.39, 0.29) is 5.43 Å². The molecule has 0 radical (unpaired) electrons. The van der Waals surface area contributed by atoms with E-state index in [4.69, 9.17) is 0 Å². The Morgan fingerprint density at radius 1 is 0.962 bits per heavy atom. The van der Waals surface area contributed by atoms with E-state index in [1.165, 1.54) is 0 Å². The molecular weight excluding hydrogens is 324 g/mol. The first-order valence-electron chi connectivity index (χ1n) is 8.41. The highest BCUT2D eigenvalue weighted by atomic mass is 16.1. The second-order valence-corrected chi connectivity index (χ2v) is 6.19. The van der Waals surface area contributed by atoms with Gasteiger partial charge in [0.1, 0.15) is 5.69 Å². The molecule has 2 heterocycles. The van der Waals surface area contributed by atoms with Crippen molar-refractivity contribution in [1.82, 2.24) is 19.6 Å². The number of nitrogens with zero attached hydrogens (tertiary/aromatic N) is 4. The van der Waals surface area contributed by atoms with Crippen LogP contribution in [0.25, 0.3) is 16.8 Å². The standard InChI is InChI=1S/C21H18N4O/c1-24-15-18(14-22-24)17-8-5-9-19(13-17)25-11-10-21(26)20(23-25)12-16-6-3-2-4-7-16/h2-11,13-15H,12H2,1H3. The molecule has 0 bridgehead atoms. The minimum absolute atomic E-state index is 0.0477. The molecule has 0 saturated carbocycles. The summed E-state index contributed by atoms with van der Waals surface area (Å²) < 4.78 is 3.52. The number of rotatable bonds is 4. The third kappa shape index (κ3) is 3.32. The van der Waals surface area contributed by atoms with Gasteiger partial charge in [-0.3, -0.25) is 9.48 Å². The normalized spacial score (nSPS) is 10.8. The molecule has 4 aromatic rings. The summed E-state index contributed by atoms with van der Waals surface area (Å²) in [5, 5.41) is 8.78. The average molecular weight is 342 g/mol. The second kappa shape index (κ2) is 6.80. The van der Waals surface area contributed by atoms with E-state index in [9.17, 15) is 4.79 Å². The molecule has 4 rings (SSSR count). The minimum Gasteiger partial charge on any atom is -0.288 e. The minimum atomic E-state index is -0.0477. The lowest BCUT2D eigenvalue weighted by atomic mass is 10.1. The van der Waals surface area contributed by atoms with Crippen LogP contribution in [-0.4, -0.2) is 19.6 Å². The Kier molecular flexibility index (Phi) is 4.19. The molecule has 5 nitrogen and oxygen atoms in total. The highest BCUT2D eigenvalue weighted by Crippen LogP contribution is 2.21. The van der Waals surface area contributed by atoms with Gasteiger partial charge in [0.25, 0.3) is 0 Å². The van der Waals surface area contributed by atoms with E-state index >= 15 is 0 Å². The van der Waals surface area contributed by atoms with Gasteiger partial charge in [0, 0.05) is 37.5 Å². The summed E-state index contributed by atoms with van der Waals surface area (Å²) >= 11 is 0. The number of benzene rings is 2. The van der Waals surface area contributed by atoms with Crippen LogP contribution in [0.4, 0.5) is 0 Å². The number of aromatic nitrogens is 4. The van der Waals surface area contributed by atoms with Crippen LogP contribution in [0.5, 0.6) is 0 Å². The predicted molar refractivity (Wildman–Crippen MR) is 101 cm³/mol. The zero-order chi connectivity index (χ0) is 17.9. The first kappa shape index (κ1) is 16.0. The van der Waals surface area contributed by atoms with Crippen LogP contribution < -0.4 is 5.43 Å². The van der Waals surface area contributed by atoms with Crippen LogP contribution >= 0.6 is 0 Å². The molecule has 0 spiro atoms. The highest BCUT2D eigenvalue weighted by Gasteiger charge is 2.07. The maximum atomic E-state index is 12.2. The smallest absolute Gasteiger partial charge is 0.203 e. The van der Waals surface area contributed by atoms with Crippen LogP contribution in [0, 0.1) is 0 Å². The molecule has 0 atom stereocenters. The summed E-state index contributed by atoms with van der Waals surface area (Å²) in [6.07, 6.45) is 6.03. The van der Waals surface area contributed by atoms with Crippen molar-refractivity contribution >= 4 is 0 Å². The fraction of sp³-hybridized carbons (Fsp3) is 0.0952. The van der Waals surface area contributed by atoms with Gasteiger partial charge in [-0.1, -0.05) is 42.5 Å². The molecule has 0 aliphatic heterocycles. The molecule has 26 heavy (non-hydrogen) atoms. The zero-order valence-electron chi connectivity index (χ0n) is 14.4. The molecular formula is C21H18N4O. The molecule has 0 aliphatic rings. The van der Waals surface area contributed by atoms with E-state index in [2.05, 4.69) is 10.2 Å². The van der Waals surface area contributed by atoms with Gasteiger partial charge in [-0.25, -0.2) is 4.68 Å². The van der Waals surface area contributed by atoms with Crippen molar-refractivity contribution in [3.05, 3.63) is 101 Å². The molecule has 2 aromatic carbocycles. The van der Waals surface area contributed by atoms with E-state index in [0.717, 1.165) is 22.4 Å². The van der Waals surface area contributed by atoms with Crippen LogP contribution in [0.15, 0.2) is 84.0 Å². The predicted octanol–water partition coefficient (Wildman–Crippen LogP) is 3.22. The molecule has 2 aromatic heterocycles. The van der Waals surface area contributed by atoms with Crippen LogP contribution in [0.2, 0.25) is 0 Å². The second-order valence-electron chi connectivity index (χ2n) is 6.19. The number of hydrogen-bond donors (Lipinski definition) is 0. The summed E-state index contributed by atoms with van der Waals surface area (Å²) in [5.41, 5.74) is 4.55. The first-order chi connectivity index (χ1) is 12.7. The third-order valence-corrected chi connectivity index (χ3v) is 4.24. The lowest BCUT2D eigenvalue weighted by Crippen LogP contribution is -2.16. The number of aryl methyl sites for hydroxylation is 1. The lowest BCUT2D eigenvalue weighted by molar-refractivity contribution is 0.768. The van der Waals surface area contributed by atoms with Crippen molar-refractivity contribution in [2.24, 2.45) is 7.05 Å². The van der Waals surface area contributed by atoms with Gasteiger partial charge in [-0.05, 0) is 23.3 Å². The largest absolute Gasteiger partial charge is 0.288 e. The highest BCUT2D eigenvalue weighted by molar-refractivity contribution is 5.64. The summed E-state index contributed by atoms with van der Waals surface area (Å²) in [4.78, 5) is 12.2. The van der Waals surface area contributed by atoms with Crippen molar-refractivity contribution in [2.45, 2.75) is 6.42 Å². The Hall–Kier alpha value is -3.47. The van der Waals surface area contributed by atoms with Gasteiger partial charge in [0.15, 0.2) is 0 Å². The Bertz CT molecular complexity index is 1100. The molecule has 0 amide bonds. The summed E-state index contributed by atoms with van der Waals surface area (Å²) in [6.45, 7) is 0. The summed E-state index contributed by atoms with van der Waals surface area (Å²) in [6, 6.07) is 19.5. The Morgan fingerprint density at radius 2 is 1.81 bits per heavy atom. The fourth-order valence-electron chi connectivity index (χ4n) is 2.90. The van der Waals surface area contributed by atoms with E-state index in [0.29, 0.717) is 12.1 Å². The van der Waals surface area contributed by atoms with Crippen LogP contribution in [0.3, 0.4) is 0 Å². The Balaban J connectivity index is 1.70. The topological polar surface area (TPSA) is 52.7 Å². The zero-order valence-corrected chi connectivity index (χ0v) is 14.4. The third-order valence-electron chi connectivity index (χ3n) is 4.24. The molecule has 5 heteroatoms. The van der Waals surface area contributed by atoms with Gasteiger partial charge >= 0.3 is 0 Å².